The summed E-state index contributed by atoms with van der Waals surface area (Å²) in [6, 6.07) is 0. The summed E-state index contributed by atoms with van der Waals surface area (Å²) in [6.45, 7) is 3.54. The van der Waals surface area contributed by atoms with E-state index in [0.29, 0.717) is 39.0 Å². The lowest BCUT2D eigenvalue weighted by Gasteiger charge is -2.43. The summed E-state index contributed by atoms with van der Waals surface area (Å²) in [4.78, 5) is 27.4. The van der Waals surface area contributed by atoms with Gasteiger partial charge in [0.2, 0.25) is 11.8 Å². The number of sulfone groups is 1. The van der Waals surface area contributed by atoms with Crippen LogP contribution in [0.25, 0.3) is 0 Å². The predicted octanol–water partition coefficient (Wildman–Crippen LogP) is 1.20. The van der Waals surface area contributed by atoms with Gasteiger partial charge in [-0.3, -0.25) is 9.59 Å². The highest BCUT2D eigenvalue weighted by molar-refractivity contribution is 7.92. The van der Waals surface area contributed by atoms with E-state index in [-0.39, 0.29) is 28.2 Å². The summed E-state index contributed by atoms with van der Waals surface area (Å²) in [5.74, 6) is 0.0794. The summed E-state index contributed by atoms with van der Waals surface area (Å²) in [6.07, 6.45) is 6.11. The lowest BCUT2D eigenvalue weighted by molar-refractivity contribution is -0.142. The molecule has 7 heteroatoms. The van der Waals surface area contributed by atoms with Gasteiger partial charge in [-0.15, -0.1) is 0 Å². The predicted molar refractivity (Wildman–Crippen MR) is 91.1 cm³/mol. The first-order valence-electron chi connectivity index (χ1n) is 9.16. The normalized spacial score (nSPS) is 24.7. The van der Waals surface area contributed by atoms with Crippen LogP contribution in [0.1, 0.15) is 51.9 Å². The van der Waals surface area contributed by atoms with Crippen molar-refractivity contribution in [3.8, 4) is 0 Å². The van der Waals surface area contributed by atoms with Crippen molar-refractivity contribution in [1.29, 1.82) is 0 Å². The van der Waals surface area contributed by atoms with Crippen molar-refractivity contribution >= 4 is 21.7 Å². The third-order valence-corrected chi connectivity index (χ3v) is 8.56. The standard InChI is InChI=1S/C17H28N2O4S/c1-13(20)18-9-7-14(8-10-18)17(21)19-11-16(12-19)24(22,23)15-5-3-2-4-6-15/h14-16H,2-12H2,1H3. The van der Waals surface area contributed by atoms with Crippen molar-refractivity contribution in [2.24, 2.45) is 5.92 Å². The third kappa shape index (κ3) is 3.46. The first-order chi connectivity index (χ1) is 11.4. The van der Waals surface area contributed by atoms with Crippen molar-refractivity contribution in [2.45, 2.75) is 62.4 Å². The van der Waals surface area contributed by atoms with Gasteiger partial charge in [-0.2, -0.15) is 0 Å². The zero-order valence-electron chi connectivity index (χ0n) is 14.4. The monoisotopic (exact) mass is 356 g/mol. The van der Waals surface area contributed by atoms with Gasteiger partial charge in [0.25, 0.3) is 0 Å². The number of hydrogen-bond acceptors (Lipinski definition) is 4. The molecule has 0 unspecified atom stereocenters. The van der Waals surface area contributed by atoms with E-state index in [0.717, 1.165) is 32.1 Å². The molecule has 0 atom stereocenters. The van der Waals surface area contributed by atoms with Crippen LogP contribution in [0.2, 0.25) is 0 Å². The van der Waals surface area contributed by atoms with Crippen LogP contribution in [0.4, 0.5) is 0 Å². The molecular formula is C17H28N2O4S. The van der Waals surface area contributed by atoms with E-state index in [1.807, 2.05) is 0 Å². The van der Waals surface area contributed by atoms with E-state index in [1.165, 1.54) is 0 Å². The van der Waals surface area contributed by atoms with Crippen molar-refractivity contribution in [3.63, 3.8) is 0 Å². The minimum absolute atomic E-state index is 0.0565. The fraction of sp³-hybridized carbons (Fsp3) is 0.882. The van der Waals surface area contributed by atoms with Gasteiger partial charge in [0.15, 0.2) is 9.84 Å². The summed E-state index contributed by atoms with van der Waals surface area (Å²) in [7, 11) is -3.09. The zero-order chi connectivity index (χ0) is 17.3. The van der Waals surface area contributed by atoms with Crippen molar-refractivity contribution in [3.05, 3.63) is 0 Å². The molecule has 0 aromatic heterocycles. The number of hydrogen-bond donors (Lipinski definition) is 0. The van der Waals surface area contributed by atoms with E-state index in [4.69, 9.17) is 0 Å². The van der Waals surface area contributed by atoms with E-state index < -0.39 is 9.84 Å². The smallest absolute Gasteiger partial charge is 0.225 e. The molecule has 0 bridgehead atoms. The molecule has 2 saturated heterocycles. The highest BCUT2D eigenvalue weighted by Crippen LogP contribution is 2.31. The van der Waals surface area contributed by atoms with Crippen LogP contribution >= 0.6 is 0 Å². The summed E-state index contributed by atoms with van der Waals surface area (Å²) >= 11 is 0. The van der Waals surface area contributed by atoms with Crippen LogP contribution in [0.5, 0.6) is 0 Å². The second-order valence-corrected chi connectivity index (χ2v) is 10.0. The number of rotatable bonds is 3. The van der Waals surface area contributed by atoms with Gasteiger partial charge in [0.05, 0.1) is 10.5 Å². The van der Waals surface area contributed by atoms with Crippen LogP contribution in [-0.2, 0) is 19.4 Å². The maximum Gasteiger partial charge on any atom is 0.225 e. The van der Waals surface area contributed by atoms with E-state index in [1.54, 1.807) is 16.7 Å². The zero-order valence-corrected chi connectivity index (χ0v) is 15.3. The molecule has 0 aromatic rings. The van der Waals surface area contributed by atoms with Gasteiger partial charge in [-0.25, -0.2) is 8.42 Å². The minimum Gasteiger partial charge on any atom is -0.343 e. The molecule has 3 aliphatic rings. The van der Waals surface area contributed by atoms with Crippen LogP contribution in [-0.4, -0.2) is 66.7 Å². The Labute approximate surface area is 144 Å². The summed E-state index contributed by atoms with van der Waals surface area (Å²) in [5, 5.41) is -0.547. The Morgan fingerprint density at radius 2 is 1.42 bits per heavy atom. The molecule has 0 N–H and O–H groups in total. The summed E-state index contributed by atoms with van der Waals surface area (Å²) < 4.78 is 25.3. The molecular weight excluding hydrogens is 328 g/mol. The Balaban J connectivity index is 1.49. The maximum atomic E-state index is 12.6. The number of amides is 2. The van der Waals surface area contributed by atoms with Crippen molar-refractivity contribution < 1.29 is 18.0 Å². The molecule has 2 aliphatic heterocycles. The van der Waals surface area contributed by atoms with Crippen molar-refractivity contribution in [2.75, 3.05) is 26.2 Å². The lowest BCUT2D eigenvalue weighted by Crippen LogP contribution is -2.60. The summed E-state index contributed by atoms with van der Waals surface area (Å²) in [5.41, 5.74) is 0. The highest BCUT2D eigenvalue weighted by Gasteiger charge is 2.45. The highest BCUT2D eigenvalue weighted by atomic mass is 32.2. The van der Waals surface area contributed by atoms with Gasteiger partial charge >= 0.3 is 0 Å². The number of nitrogens with zero attached hydrogens (tertiary/aromatic N) is 2. The molecule has 1 aliphatic carbocycles. The molecule has 0 spiro atoms. The molecule has 136 valence electrons. The van der Waals surface area contributed by atoms with Crippen LogP contribution in [0.3, 0.4) is 0 Å². The van der Waals surface area contributed by atoms with Gasteiger partial charge in [0, 0.05) is 39.0 Å². The van der Waals surface area contributed by atoms with E-state index >= 15 is 0 Å². The fourth-order valence-electron chi connectivity index (χ4n) is 4.19. The average molecular weight is 356 g/mol. The Hall–Kier alpha value is -1.11. The average Bonchev–Trinajstić information content (AvgIpc) is 2.54. The van der Waals surface area contributed by atoms with Gasteiger partial charge in [-0.05, 0) is 25.7 Å². The SMILES string of the molecule is CC(=O)N1CCC(C(=O)N2CC(S(=O)(=O)C3CCCCC3)C2)CC1. The Morgan fingerprint density at radius 3 is 1.96 bits per heavy atom. The Morgan fingerprint density at radius 1 is 0.833 bits per heavy atom. The second-order valence-electron chi connectivity index (χ2n) is 7.49. The van der Waals surface area contributed by atoms with Crippen LogP contribution in [0, 0.1) is 5.92 Å². The Kier molecular flexibility index (Phi) is 5.18. The van der Waals surface area contributed by atoms with Crippen molar-refractivity contribution in [1.82, 2.24) is 9.80 Å². The molecule has 2 heterocycles. The molecule has 0 aromatic carbocycles. The molecule has 3 rings (SSSR count). The number of likely N-dealkylation sites (tertiary alicyclic amines) is 2. The number of carbonyl (C=O) groups is 2. The van der Waals surface area contributed by atoms with Crippen LogP contribution in [0.15, 0.2) is 0 Å². The topological polar surface area (TPSA) is 74.8 Å². The lowest BCUT2D eigenvalue weighted by atomic mass is 9.94. The first-order valence-corrected chi connectivity index (χ1v) is 10.8. The quantitative estimate of drug-likeness (QED) is 0.762. The molecule has 6 nitrogen and oxygen atoms in total. The molecule has 24 heavy (non-hydrogen) atoms. The third-order valence-electron chi connectivity index (χ3n) is 5.93. The van der Waals surface area contributed by atoms with Gasteiger partial charge in [-0.1, -0.05) is 19.3 Å². The number of piperidine rings is 1. The minimum atomic E-state index is -3.09. The van der Waals surface area contributed by atoms with E-state index in [2.05, 4.69) is 0 Å². The van der Waals surface area contributed by atoms with E-state index in [9.17, 15) is 18.0 Å². The Bertz CT molecular complexity index is 584. The largest absolute Gasteiger partial charge is 0.343 e. The molecule has 2 amide bonds. The van der Waals surface area contributed by atoms with Gasteiger partial charge < -0.3 is 9.80 Å². The van der Waals surface area contributed by atoms with Gasteiger partial charge in [0.1, 0.15) is 0 Å². The fourth-order valence-corrected chi connectivity index (χ4v) is 6.50. The molecule has 1 saturated carbocycles. The molecule has 0 radical (unpaired) electrons. The number of carbonyl (C=O) groups excluding carboxylic acids is 2. The second kappa shape index (κ2) is 7.02. The maximum absolute atomic E-state index is 12.6. The molecule has 3 fully saturated rings. The first kappa shape index (κ1) is 17.7. The van der Waals surface area contributed by atoms with Crippen LogP contribution < -0.4 is 0 Å².